The van der Waals surface area contributed by atoms with Crippen LogP contribution in [-0.4, -0.2) is 49.7 Å². The number of morpholine rings is 1. The molecule has 0 aliphatic carbocycles. The second-order valence-electron chi connectivity index (χ2n) is 6.40. The SMILES string of the molecule is CNCCC(=O)NCc1ccc(CN2CC(C)OC(C)C2)cc1. The van der Waals surface area contributed by atoms with Crippen LogP contribution in [0.1, 0.15) is 31.4 Å². The van der Waals surface area contributed by atoms with Gasteiger partial charge in [-0.3, -0.25) is 9.69 Å². The third-order valence-corrected chi connectivity index (χ3v) is 4.02. The second-order valence-corrected chi connectivity index (χ2v) is 6.40. The number of amides is 1. The molecule has 23 heavy (non-hydrogen) atoms. The van der Waals surface area contributed by atoms with Gasteiger partial charge in [0.15, 0.2) is 0 Å². The van der Waals surface area contributed by atoms with Gasteiger partial charge >= 0.3 is 0 Å². The largest absolute Gasteiger partial charge is 0.373 e. The number of ether oxygens (including phenoxy) is 1. The van der Waals surface area contributed by atoms with Crippen molar-refractivity contribution in [2.45, 2.75) is 45.6 Å². The van der Waals surface area contributed by atoms with Gasteiger partial charge in [0.2, 0.25) is 5.91 Å². The minimum absolute atomic E-state index is 0.0831. The number of rotatable bonds is 7. The van der Waals surface area contributed by atoms with E-state index in [1.54, 1.807) is 0 Å². The number of benzene rings is 1. The Kier molecular flexibility index (Phi) is 7.02. The zero-order chi connectivity index (χ0) is 16.7. The molecule has 0 saturated carbocycles. The maximum Gasteiger partial charge on any atom is 0.221 e. The lowest BCUT2D eigenvalue weighted by atomic mass is 10.1. The number of hydrogen-bond acceptors (Lipinski definition) is 4. The van der Waals surface area contributed by atoms with Gasteiger partial charge in [0.1, 0.15) is 0 Å². The molecule has 0 bridgehead atoms. The Morgan fingerprint density at radius 2 is 1.78 bits per heavy atom. The molecule has 1 amide bonds. The molecule has 5 heteroatoms. The van der Waals surface area contributed by atoms with Gasteiger partial charge in [-0.25, -0.2) is 0 Å². The molecule has 0 spiro atoms. The van der Waals surface area contributed by atoms with Crippen molar-refractivity contribution >= 4 is 5.91 Å². The monoisotopic (exact) mass is 319 g/mol. The number of carbonyl (C=O) groups is 1. The Morgan fingerprint density at radius 1 is 1.17 bits per heavy atom. The first-order chi connectivity index (χ1) is 11.1. The average molecular weight is 319 g/mol. The molecule has 5 nitrogen and oxygen atoms in total. The van der Waals surface area contributed by atoms with Crippen molar-refractivity contribution < 1.29 is 9.53 Å². The van der Waals surface area contributed by atoms with E-state index in [-0.39, 0.29) is 5.91 Å². The summed E-state index contributed by atoms with van der Waals surface area (Å²) >= 11 is 0. The van der Waals surface area contributed by atoms with E-state index in [4.69, 9.17) is 4.74 Å². The van der Waals surface area contributed by atoms with Crippen LogP contribution >= 0.6 is 0 Å². The maximum absolute atomic E-state index is 11.6. The van der Waals surface area contributed by atoms with Crippen molar-refractivity contribution in [2.75, 3.05) is 26.7 Å². The normalized spacial score (nSPS) is 22.0. The topological polar surface area (TPSA) is 53.6 Å². The van der Waals surface area contributed by atoms with E-state index in [1.165, 1.54) is 5.56 Å². The molecule has 1 heterocycles. The van der Waals surface area contributed by atoms with E-state index in [0.717, 1.165) is 25.2 Å². The van der Waals surface area contributed by atoms with Gasteiger partial charge < -0.3 is 15.4 Å². The van der Waals surface area contributed by atoms with Crippen molar-refractivity contribution in [3.63, 3.8) is 0 Å². The summed E-state index contributed by atoms with van der Waals surface area (Å²) in [5.74, 6) is 0.0831. The van der Waals surface area contributed by atoms with Crippen LogP contribution in [0.5, 0.6) is 0 Å². The zero-order valence-corrected chi connectivity index (χ0v) is 14.5. The Bertz CT molecular complexity index is 480. The summed E-state index contributed by atoms with van der Waals surface area (Å²) in [6.45, 7) is 8.47. The lowest BCUT2D eigenvalue weighted by molar-refractivity contribution is -0.121. The predicted octanol–water partition coefficient (Wildman–Crippen LogP) is 1.52. The van der Waals surface area contributed by atoms with Crippen LogP contribution in [0, 0.1) is 0 Å². The van der Waals surface area contributed by atoms with Gasteiger partial charge in [0, 0.05) is 39.1 Å². The van der Waals surface area contributed by atoms with Crippen LogP contribution in [0.4, 0.5) is 0 Å². The standard InChI is InChI=1S/C18H29N3O2/c1-14-11-21(12-15(2)23-14)13-17-6-4-16(5-7-17)10-20-18(22)8-9-19-3/h4-7,14-15,19H,8-13H2,1-3H3,(H,20,22). The minimum Gasteiger partial charge on any atom is -0.373 e. The lowest BCUT2D eigenvalue weighted by Gasteiger charge is -2.35. The summed E-state index contributed by atoms with van der Waals surface area (Å²) in [5.41, 5.74) is 2.44. The highest BCUT2D eigenvalue weighted by Crippen LogP contribution is 2.14. The highest BCUT2D eigenvalue weighted by Gasteiger charge is 2.21. The Morgan fingerprint density at radius 3 is 2.39 bits per heavy atom. The average Bonchev–Trinajstić information content (AvgIpc) is 2.51. The van der Waals surface area contributed by atoms with E-state index in [1.807, 2.05) is 7.05 Å². The maximum atomic E-state index is 11.6. The molecule has 1 aliphatic rings. The number of hydrogen-bond donors (Lipinski definition) is 2. The van der Waals surface area contributed by atoms with Crippen molar-refractivity contribution in [2.24, 2.45) is 0 Å². The van der Waals surface area contributed by atoms with E-state index in [0.29, 0.717) is 31.7 Å². The van der Waals surface area contributed by atoms with Crippen LogP contribution in [0.25, 0.3) is 0 Å². The molecule has 1 fully saturated rings. The smallest absolute Gasteiger partial charge is 0.221 e. The van der Waals surface area contributed by atoms with E-state index in [9.17, 15) is 4.79 Å². The van der Waals surface area contributed by atoms with Crippen LogP contribution in [0.15, 0.2) is 24.3 Å². The summed E-state index contributed by atoms with van der Waals surface area (Å²) in [6, 6.07) is 8.50. The van der Waals surface area contributed by atoms with Gasteiger partial charge in [-0.15, -0.1) is 0 Å². The molecule has 2 N–H and O–H groups in total. The van der Waals surface area contributed by atoms with Crippen LogP contribution in [-0.2, 0) is 22.6 Å². The second kappa shape index (κ2) is 9.01. The van der Waals surface area contributed by atoms with Crippen LogP contribution < -0.4 is 10.6 Å². The summed E-state index contributed by atoms with van der Waals surface area (Å²) in [7, 11) is 1.85. The summed E-state index contributed by atoms with van der Waals surface area (Å²) in [5, 5.41) is 5.92. The Balaban J connectivity index is 1.79. The molecular weight excluding hydrogens is 290 g/mol. The van der Waals surface area contributed by atoms with Gasteiger partial charge in [0.05, 0.1) is 12.2 Å². The number of carbonyl (C=O) groups excluding carboxylic acids is 1. The Labute approximate surface area is 139 Å². The van der Waals surface area contributed by atoms with Gasteiger partial charge in [0.25, 0.3) is 0 Å². The quantitative estimate of drug-likeness (QED) is 0.800. The third kappa shape index (κ3) is 6.29. The molecule has 128 valence electrons. The van der Waals surface area contributed by atoms with E-state index >= 15 is 0 Å². The van der Waals surface area contributed by atoms with Gasteiger partial charge in [-0.2, -0.15) is 0 Å². The van der Waals surface area contributed by atoms with Gasteiger partial charge in [-0.05, 0) is 32.0 Å². The first-order valence-electron chi connectivity index (χ1n) is 8.43. The fraction of sp³-hybridized carbons (Fsp3) is 0.611. The van der Waals surface area contributed by atoms with Crippen molar-refractivity contribution in [3.8, 4) is 0 Å². The van der Waals surface area contributed by atoms with Gasteiger partial charge in [-0.1, -0.05) is 24.3 Å². The summed E-state index contributed by atoms with van der Waals surface area (Å²) in [6.07, 6.45) is 1.11. The molecule has 0 radical (unpaired) electrons. The molecule has 1 aromatic carbocycles. The van der Waals surface area contributed by atoms with E-state index in [2.05, 4.69) is 53.6 Å². The molecule has 1 aliphatic heterocycles. The van der Waals surface area contributed by atoms with Crippen molar-refractivity contribution in [3.05, 3.63) is 35.4 Å². The molecule has 1 saturated heterocycles. The van der Waals surface area contributed by atoms with Crippen LogP contribution in [0.3, 0.4) is 0 Å². The first kappa shape index (κ1) is 17.9. The fourth-order valence-electron chi connectivity index (χ4n) is 2.96. The number of nitrogens with zero attached hydrogens (tertiary/aromatic N) is 1. The third-order valence-electron chi connectivity index (χ3n) is 4.02. The first-order valence-corrected chi connectivity index (χ1v) is 8.43. The van der Waals surface area contributed by atoms with Crippen LogP contribution in [0.2, 0.25) is 0 Å². The summed E-state index contributed by atoms with van der Waals surface area (Å²) < 4.78 is 5.77. The molecule has 0 aromatic heterocycles. The molecule has 2 rings (SSSR count). The Hall–Kier alpha value is -1.43. The summed E-state index contributed by atoms with van der Waals surface area (Å²) in [4.78, 5) is 14.0. The van der Waals surface area contributed by atoms with Crippen molar-refractivity contribution in [1.29, 1.82) is 0 Å². The minimum atomic E-state index is 0.0831. The highest BCUT2D eigenvalue weighted by atomic mass is 16.5. The fourth-order valence-corrected chi connectivity index (χ4v) is 2.96. The molecule has 1 aromatic rings. The highest BCUT2D eigenvalue weighted by molar-refractivity contribution is 5.76. The van der Waals surface area contributed by atoms with E-state index < -0.39 is 0 Å². The molecule has 2 atom stereocenters. The van der Waals surface area contributed by atoms with Crippen molar-refractivity contribution in [1.82, 2.24) is 15.5 Å². The molecular formula is C18H29N3O2. The number of nitrogens with one attached hydrogen (secondary N) is 2. The predicted molar refractivity (Wildman–Crippen MR) is 92.1 cm³/mol. The molecule has 2 unspecified atom stereocenters. The lowest BCUT2D eigenvalue weighted by Crippen LogP contribution is -2.44. The zero-order valence-electron chi connectivity index (χ0n) is 14.5.